The van der Waals surface area contributed by atoms with Crippen molar-refractivity contribution in [3.8, 4) is 6.07 Å². The van der Waals surface area contributed by atoms with Gasteiger partial charge in [0.1, 0.15) is 11.9 Å². The molecule has 0 unspecified atom stereocenters. The molecular weight excluding hydrogens is 342 g/mol. The standard InChI is InChI=1S/C20H21N5O2/c1-13-10-17(23-12-20(19(22)26)6-8-27-9-7-20)25-16-5-3-2-4-15(16)24-18(25)14(13)11-21/h2-5,10,23H,6-9,12H2,1H3,(H2,22,26). The van der Waals surface area contributed by atoms with Crippen LogP contribution >= 0.6 is 0 Å². The molecule has 1 fully saturated rings. The molecule has 1 aliphatic rings. The molecule has 0 radical (unpaired) electrons. The zero-order chi connectivity index (χ0) is 19.0. The maximum Gasteiger partial charge on any atom is 0.225 e. The highest BCUT2D eigenvalue weighted by Gasteiger charge is 2.38. The van der Waals surface area contributed by atoms with Gasteiger partial charge in [0.15, 0.2) is 5.65 Å². The van der Waals surface area contributed by atoms with Crippen molar-refractivity contribution in [2.45, 2.75) is 19.8 Å². The van der Waals surface area contributed by atoms with Gasteiger partial charge in [0.25, 0.3) is 0 Å². The number of imidazole rings is 1. The van der Waals surface area contributed by atoms with E-state index in [1.807, 2.05) is 41.7 Å². The number of fused-ring (bicyclic) bond motifs is 3. The average Bonchev–Trinajstić information content (AvgIpc) is 3.06. The number of aryl methyl sites for hydroxylation is 1. The molecule has 1 aromatic carbocycles. The van der Waals surface area contributed by atoms with E-state index in [0.29, 0.717) is 43.8 Å². The summed E-state index contributed by atoms with van der Waals surface area (Å²) >= 11 is 0. The van der Waals surface area contributed by atoms with Gasteiger partial charge < -0.3 is 15.8 Å². The van der Waals surface area contributed by atoms with Gasteiger partial charge in [-0.15, -0.1) is 0 Å². The van der Waals surface area contributed by atoms with Crippen molar-refractivity contribution in [3.63, 3.8) is 0 Å². The van der Waals surface area contributed by atoms with Crippen LogP contribution in [0.15, 0.2) is 30.3 Å². The highest BCUT2D eigenvalue weighted by molar-refractivity contribution is 5.85. The van der Waals surface area contributed by atoms with Crippen molar-refractivity contribution in [3.05, 3.63) is 41.5 Å². The predicted octanol–water partition coefficient (Wildman–Crippen LogP) is 2.36. The second kappa shape index (κ2) is 6.56. The van der Waals surface area contributed by atoms with E-state index >= 15 is 0 Å². The summed E-state index contributed by atoms with van der Waals surface area (Å²) in [5.74, 6) is 0.484. The number of hydrogen-bond acceptors (Lipinski definition) is 5. The number of ether oxygens (including phenoxy) is 1. The minimum atomic E-state index is -0.636. The second-order valence-corrected chi connectivity index (χ2v) is 7.07. The number of rotatable bonds is 4. The first-order valence-electron chi connectivity index (χ1n) is 8.98. The number of hydrogen-bond donors (Lipinski definition) is 2. The van der Waals surface area contributed by atoms with E-state index in [1.165, 1.54) is 0 Å². The van der Waals surface area contributed by atoms with Crippen LogP contribution in [0.2, 0.25) is 0 Å². The van der Waals surface area contributed by atoms with Crippen LogP contribution in [0.25, 0.3) is 16.7 Å². The van der Waals surface area contributed by atoms with Gasteiger partial charge in [0, 0.05) is 19.8 Å². The summed E-state index contributed by atoms with van der Waals surface area (Å²) in [4.78, 5) is 16.8. The molecule has 1 saturated heterocycles. The van der Waals surface area contributed by atoms with E-state index in [1.54, 1.807) is 0 Å². The molecule has 3 aromatic rings. The summed E-state index contributed by atoms with van der Waals surface area (Å²) in [7, 11) is 0. The van der Waals surface area contributed by atoms with Crippen molar-refractivity contribution < 1.29 is 9.53 Å². The molecule has 0 spiro atoms. The van der Waals surface area contributed by atoms with E-state index in [9.17, 15) is 10.1 Å². The number of pyridine rings is 1. The molecule has 1 aliphatic heterocycles. The summed E-state index contributed by atoms with van der Waals surface area (Å²) < 4.78 is 7.34. The van der Waals surface area contributed by atoms with E-state index in [4.69, 9.17) is 10.5 Å². The van der Waals surface area contributed by atoms with E-state index in [2.05, 4.69) is 16.4 Å². The monoisotopic (exact) mass is 363 g/mol. The van der Waals surface area contributed by atoms with Crippen molar-refractivity contribution in [1.29, 1.82) is 5.26 Å². The summed E-state index contributed by atoms with van der Waals surface area (Å²) in [6.07, 6.45) is 1.19. The number of para-hydroxylation sites is 2. The van der Waals surface area contributed by atoms with Crippen LogP contribution in [-0.2, 0) is 9.53 Å². The van der Waals surface area contributed by atoms with Crippen LogP contribution in [0.1, 0.15) is 24.0 Å². The lowest BCUT2D eigenvalue weighted by Gasteiger charge is -2.34. The molecule has 1 amide bonds. The quantitative estimate of drug-likeness (QED) is 0.740. The van der Waals surface area contributed by atoms with Crippen LogP contribution in [0.4, 0.5) is 5.82 Å². The maximum absolute atomic E-state index is 12.2. The first kappa shape index (κ1) is 17.3. The normalized spacial score (nSPS) is 16.3. The Morgan fingerprint density at radius 2 is 2.15 bits per heavy atom. The molecule has 3 heterocycles. The summed E-state index contributed by atoms with van der Waals surface area (Å²) in [5.41, 5.74) is 8.82. The molecule has 7 heteroatoms. The number of nitriles is 1. The van der Waals surface area contributed by atoms with Crippen molar-refractivity contribution in [2.24, 2.45) is 11.1 Å². The Morgan fingerprint density at radius 1 is 1.41 bits per heavy atom. The van der Waals surface area contributed by atoms with Gasteiger partial charge in [-0.3, -0.25) is 9.20 Å². The Kier molecular flexibility index (Phi) is 4.21. The van der Waals surface area contributed by atoms with Gasteiger partial charge in [-0.25, -0.2) is 4.98 Å². The third kappa shape index (κ3) is 2.78. The van der Waals surface area contributed by atoms with Crippen LogP contribution < -0.4 is 11.1 Å². The zero-order valence-corrected chi connectivity index (χ0v) is 15.2. The summed E-state index contributed by atoms with van der Waals surface area (Å²) in [6.45, 7) is 3.36. The number of carbonyl (C=O) groups is 1. The van der Waals surface area contributed by atoms with Crippen molar-refractivity contribution in [1.82, 2.24) is 9.38 Å². The second-order valence-electron chi connectivity index (χ2n) is 7.07. The van der Waals surface area contributed by atoms with Crippen LogP contribution in [0.3, 0.4) is 0 Å². The molecular formula is C20H21N5O2. The fourth-order valence-electron chi connectivity index (χ4n) is 3.76. The minimum absolute atomic E-state index is 0.310. The number of benzene rings is 1. The first-order valence-corrected chi connectivity index (χ1v) is 8.98. The molecule has 2 aromatic heterocycles. The average molecular weight is 363 g/mol. The Bertz CT molecular complexity index is 1070. The molecule has 0 aliphatic carbocycles. The maximum atomic E-state index is 12.2. The summed E-state index contributed by atoms with van der Waals surface area (Å²) in [5, 5.41) is 13.0. The number of nitrogens with one attached hydrogen (secondary N) is 1. The molecule has 0 bridgehead atoms. The van der Waals surface area contributed by atoms with E-state index in [0.717, 1.165) is 22.4 Å². The molecule has 3 N–H and O–H groups in total. The van der Waals surface area contributed by atoms with Crippen LogP contribution in [0.5, 0.6) is 0 Å². The third-order valence-corrected chi connectivity index (χ3v) is 5.47. The van der Waals surface area contributed by atoms with Crippen LogP contribution in [0, 0.1) is 23.7 Å². The Morgan fingerprint density at radius 3 is 2.85 bits per heavy atom. The molecule has 0 atom stereocenters. The first-order chi connectivity index (χ1) is 13.1. The highest BCUT2D eigenvalue weighted by atomic mass is 16.5. The summed E-state index contributed by atoms with van der Waals surface area (Å²) in [6, 6.07) is 11.9. The van der Waals surface area contributed by atoms with Gasteiger partial charge in [-0.1, -0.05) is 12.1 Å². The zero-order valence-electron chi connectivity index (χ0n) is 15.2. The molecule has 0 saturated carbocycles. The predicted molar refractivity (Wildman–Crippen MR) is 102 cm³/mol. The lowest BCUT2D eigenvalue weighted by atomic mass is 9.79. The molecule has 7 nitrogen and oxygen atoms in total. The lowest BCUT2D eigenvalue weighted by Crippen LogP contribution is -2.46. The molecule has 27 heavy (non-hydrogen) atoms. The third-order valence-electron chi connectivity index (χ3n) is 5.47. The van der Waals surface area contributed by atoms with Gasteiger partial charge in [0.2, 0.25) is 5.91 Å². The number of amides is 1. The minimum Gasteiger partial charge on any atom is -0.381 e. The molecule has 138 valence electrons. The number of carbonyl (C=O) groups excluding carboxylic acids is 1. The number of nitrogens with zero attached hydrogens (tertiary/aromatic N) is 3. The van der Waals surface area contributed by atoms with E-state index in [-0.39, 0.29) is 5.91 Å². The van der Waals surface area contributed by atoms with Gasteiger partial charge >= 0.3 is 0 Å². The fraction of sp³-hybridized carbons (Fsp3) is 0.350. The van der Waals surface area contributed by atoms with E-state index < -0.39 is 5.41 Å². The van der Waals surface area contributed by atoms with Crippen LogP contribution in [-0.4, -0.2) is 35.1 Å². The number of aromatic nitrogens is 2. The number of nitrogens with two attached hydrogens (primary N) is 1. The van der Waals surface area contributed by atoms with Crippen molar-refractivity contribution in [2.75, 3.05) is 25.1 Å². The van der Waals surface area contributed by atoms with Gasteiger partial charge in [-0.05, 0) is 43.5 Å². The lowest BCUT2D eigenvalue weighted by molar-refractivity contribution is -0.132. The van der Waals surface area contributed by atoms with Gasteiger partial charge in [-0.2, -0.15) is 5.26 Å². The topological polar surface area (TPSA) is 105 Å². The smallest absolute Gasteiger partial charge is 0.225 e. The Labute approximate surface area is 156 Å². The highest BCUT2D eigenvalue weighted by Crippen LogP contribution is 2.32. The fourth-order valence-corrected chi connectivity index (χ4v) is 3.76. The SMILES string of the molecule is Cc1cc(NCC2(C(N)=O)CCOCC2)n2c(nc3ccccc32)c1C#N. The van der Waals surface area contributed by atoms with Crippen molar-refractivity contribution >= 4 is 28.4 Å². The Hall–Kier alpha value is -3.11. The number of primary amides is 1. The van der Waals surface area contributed by atoms with Gasteiger partial charge in [0.05, 0.1) is 22.0 Å². The Balaban J connectivity index is 1.82. The molecule has 4 rings (SSSR count). The number of anilines is 1. The largest absolute Gasteiger partial charge is 0.381 e.